The number of rotatable bonds is 18. The SMILES string of the molecule is CCC(C)[C@@H](N)CCCN(C(=N)NC(=O)CCCCCCCCNC(=N)N)C(=O)[C@@H](N)CC(=O)O. The van der Waals surface area contributed by atoms with Crippen LogP contribution >= 0.6 is 0 Å². The molecule has 0 rings (SSSR count). The number of carboxylic acids is 1. The molecule has 0 aromatic rings. The molecule has 0 aromatic heterocycles. The van der Waals surface area contributed by atoms with Gasteiger partial charge in [-0.15, -0.1) is 0 Å². The first-order chi connectivity index (χ1) is 16.5. The molecule has 0 aliphatic rings. The Morgan fingerprint density at radius 1 is 1.00 bits per heavy atom. The van der Waals surface area contributed by atoms with Gasteiger partial charge in [-0.3, -0.25) is 35.4 Å². The summed E-state index contributed by atoms with van der Waals surface area (Å²) in [6.07, 6.45) is 7.13. The largest absolute Gasteiger partial charge is 0.481 e. The fourth-order valence-corrected chi connectivity index (χ4v) is 3.48. The Bertz CT molecular complexity index is 688. The van der Waals surface area contributed by atoms with E-state index in [4.69, 9.17) is 33.1 Å². The maximum atomic E-state index is 12.7. The molecule has 2 amide bonds. The fraction of sp³-hybridized carbons (Fsp3) is 0.783. The third-order valence-corrected chi connectivity index (χ3v) is 5.95. The predicted octanol–water partition coefficient (Wildman–Crippen LogP) is 1.04. The van der Waals surface area contributed by atoms with Gasteiger partial charge in [0.15, 0.2) is 5.96 Å². The molecule has 1 unspecified atom stereocenters. The van der Waals surface area contributed by atoms with Crippen LogP contribution in [-0.2, 0) is 14.4 Å². The number of hydrogen-bond acceptors (Lipinski definition) is 7. The Kier molecular flexibility index (Phi) is 17.1. The molecule has 0 radical (unpaired) electrons. The van der Waals surface area contributed by atoms with Crippen molar-refractivity contribution in [2.75, 3.05) is 13.1 Å². The second kappa shape index (κ2) is 18.6. The molecule has 11 N–H and O–H groups in total. The molecule has 0 aliphatic carbocycles. The van der Waals surface area contributed by atoms with Crippen LogP contribution in [0.15, 0.2) is 0 Å². The van der Waals surface area contributed by atoms with E-state index in [9.17, 15) is 14.4 Å². The van der Waals surface area contributed by atoms with E-state index in [1.54, 1.807) is 0 Å². The average Bonchev–Trinajstić information content (AvgIpc) is 2.78. The van der Waals surface area contributed by atoms with Crippen molar-refractivity contribution in [2.45, 2.75) is 96.6 Å². The standard InChI is InChI=1S/C23H46N8O4/c1-3-16(2)17(24)11-10-14-31(21(35)18(25)15-20(33)34)23(28)30-19(32)12-8-6-4-5-7-9-13-29-22(26)27/h16-18H,3-15,24-25H2,1-2H3,(H,33,34)(H4,26,27,29)(H2,28,30,32)/t16?,17-,18-/m0/s1. The van der Waals surface area contributed by atoms with E-state index in [0.717, 1.165) is 43.4 Å². The Morgan fingerprint density at radius 2 is 1.60 bits per heavy atom. The second-order valence-electron chi connectivity index (χ2n) is 8.99. The first-order valence-corrected chi connectivity index (χ1v) is 12.5. The highest BCUT2D eigenvalue weighted by atomic mass is 16.4. The molecule has 202 valence electrons. The number of amides is 2. The topological polar surface area (TPSA) is 224 Å². The summed E-state index contributed by atoms with van der Waals surface area (Å²) >= 11 is 0. The van der Waals surface area contributed by atoms with Crippen LogP contribution in [0.4, 0.5) is 0 Å². The van der Waals surface area contributed by atoms with Gasteiger partial charge in [-0.25, -0.2) is 0 Å². The quantitative estimate of drug-likeness (QED) is 0.0771. The van der Waals surface area contributed by atoms with E-state index in [-0.39, 0.29) is 30.9 Å². The van der Waals surface area contributed by atoms with E-state index < -0.39 is 30.3 Å². The lowest BCUT2D eigenvalue weighted by molar-refractivity contribution is -0.141. The van der Waals surface area contributed by atoms with Crippen molar-refractivity contribution in [3.05, 3.63) is 0 Å². The smallest absolute Gasteiger partial charge is 0.305 e. The van der Waals surface area contributed by atoms with Crippen LogP contribution in [0, 0.1) is 16.7 Å². The molecule has 0 fully saturated rings. The maximum Gasteiger partial charge on any atom is 0.305 e. The van der Waals surface area contributed by atoms with Gasteiger partial charge < -0.3 is 27.6 Å². The van der Waals surface area contributed by atoms with Crippen LogP contribution in [0.25, 0.3) is 0 Å². The van der Waals surface area contributed by atoms with Crippen LogP contribution in [-0.4, -0.2) is 64.9 Å². The van der Waals surface area contributed by atoms with Crippen LogP contribution < -0.4 is 27.8 Å². The number of aliphatic carboxylic acids is 1. The molecular weight excluding hydrogens is 452 g/mol. The Morgan fingerprint density at radius 3 is 2.17 bits per heavy atom. The van der Waals surface area contributed by atoms with E-state index in [2.05, 4.69) is 10.6 Å². The highest BCUT2D eigenvalue weighted by Gasteiger charge is 2.27. The van der Waals surface area contributed by atoms with Gasteiger partial charge in [-0.2, -0.15) is 0 Å². The third kappa shape index (κ3) is 15.7. The van der Waals surface area contributed by atoms with Crippen molar-refractivity contribution in [1.29, 1.82) is 10.8 Å². The molecule has 3 atom stereocenters. The number of nitrogens with one attached hydrogen (secondary N) is 4. The first-order valence-electron chi connectivity index (χ1n) is 12.5. The molecule has 0 aromatic carbocycles. The van der Waals surface area contributed by atoms with Gasteiger partial charge in [-0.05, 0) is 31.6 Å². The van der Waals surface area contributed by atoms with Crippen molar-refractivity contribution in [3.63, 3.8) is 0 Å². The number of nitrogens with zero attached hydrogens (tertiary/aromatic N) is 1. The zero-order chi connectivity index (χ0) is 26.8. The van der Waals surface area contributed by atoms with Gasteiger partial charge in [0.1, 0.15) is 0 Å². The number of guanidine groups is 2. The van der Waals surface area contributed by atoms with Crippen LogP contribution in [0.2, 0.25) is 0 Å². The molecule has 0 bridgehead atoms. The monoisotopic (exact) mass is 498 g/mol. The van der Waals surface area contributed by atoms with Crippen LogP contribution in [0.5, 0.6) is 0 Å². The molecule has 0 heterocycles. The van der Waals surface area contributed by atoms with Crippen molar-refractivity contribution < 1.29 is 19.5 Å². The lowest BCUT2D eigenvalue weighted by atomic mass is 9.96. The van der Waals surface area contributed by atoms with Gasteiger partial charge in [-0.1, -0.05) is 46.0 Å². The minimum Gasteiger partial charge on any atom is -0.481 e. The Hall–Kier alpha value is -2.73. The van der Waals surface area contributed by atoms with Gasteiger partial charge in [0.2, 0.25) is 17.8 Å². The Balaban J connectivity index is 4.59. The van der Waals surface area contributed by atoms with Crippen molar-refractivity contribution >= 4 is 29.7 Å². The van der Waals surface area contributed by atoms with E-state index in [0.29, 0.717) is 31.7 Å². The summed E-state index contributed by atoms with van der Waals surface area (Å²) < 4.78 is 0. The van der Waals surface area contributed by atoms with Crippen LogP contribution in [0.1, 0.15) is 84.5 Å². The maximum absolute atomic E-state index is 12.7. The molecular formula is C23H46N8O4. The third-order valence-electron chi connectivity index (χ3n) is 5.95. The number of unbranched alkanes of at least 4 members (excludes halogenated alkanes) is 5. The summed E-state index contributed by atoms with van der Waals surface area (Å²) in [5.74, 6) is -2.41. The number of hydrogen-bond donors (Lipinski definition) is 8. The fourth-order valence-electron chi connectivity index (χ4n) is 3.48. The molecule has 12 nitrogen and oxygen atoms in total. The van der Waals surface area contributed by atoms with E-state index >= 15 is 0 Å². The minimum atomic E-state index is -1.31. The average molecular weight is 499 g/mol. The summed E-state index contributed by atoms with van der Waals surface area (Å²) in [5.41, 5.74) is 17.1. The normalized spacial score (nSPS) is 13.4. The van der Waals surface area contributed by atoms with Gasteiger partial charge >= 0.3 is 5.97 Å². The summed E-state index contributed by atoms with van der Waals surface area (Å²) in [6, 6.07) is -1.36. The number of carbonyl (C=O) groups is 3. The number of carbonyl (C=O) groups excluding carboxylic acids is 2. The second-order valence-corrected chi connectivity index (χ2v) is 8.99. The predicted molar refractivity (Wildman–Crippen MR) is 137 cm³/mol. The zero-order valence-corrected chi connectivity index (χ0v) is 21.3. The summed E-state index contributed by atoms with van der Waals surface area (Å²) in [7, 11) is 0. The molecule has 0 spiro atoms. The van der Waals surface area contributed by atoms with Crippen molar-refractivity contribution in [1.82, 2.24) is 15.5 Å². The molecule has 0 aliphatic heterocycles. The van der Waals surface area contributed by atoms with E-state index in [1.165, 1.54) is 0 Å². The highest BCUT2D eigenvalue weighted by molar-refractivity contribution is 6.04. The van der Waals surface area contributed by atoms with Crippen molar-refractivity contribution in [2.24, 2.45) is 23.1 Å². The van der Waals surface area contributed by atoms with Crippen LogP contribution in [0.3, 0.4) is 0 Å². The van der Waals surface area contributed by atoms with Gasteiger partial charge in [0, 0.05) is 25.6 Å². The Labute approximate surface area is 208 Å². The van der Waals surface area contributed by atoms with Crippen molar-refractivity contribution in [3.8, 4) is 0 Å². The van der Waals surface area contributed by atoms with Gasteiger partial charge in [0.25, 0.3) is 0 Å². The zero-order valence-electron chi connectivity index (χ0n) is 21.3. The lowest BCUT2D eigenvalue weighted by Gasteiger charge is -2.27. The molecule has 12 heteroatoms. The molecule has 35 heavy (non-hydrogen) atoms. The molecule has 0 saturated heterocycles. The molecule has 0 saturated carbocycles. The first kappa shape index (κ1) is 32.3. The highest BCUT2D eigenvalue weighted by Crippen LogP contribution is 2.12. The summed E-state index contributed by atoms with van der Waals surface area (Å²) in [6.45, 7) is 4.89. The summed E-state index contributed by atoms with van der Waals surface area (Å²) in [5, 5.41) is 29.5. The van der Waals surface area contributed by atoms with E-state index in [1.807, 2.05) is 13.8 Å². The summed E-state index contributed by atoms with van der Waals surface area (Å²) in [4.78, 5) is 37.0. The number of carboxylic acid groups (broad SMARTS) is 1. The van der Waals surface area contributed by atoms with Gasteiger partial charge in [0.05, 0.1) is 12.5 Å². The minimum absolute atomic E-state index is 0.0274. The number of nitrogens with two attached hydrogens (primary N) is 3. The lowest BCUT2D eigenvalue weighted by Crippen LogP contribution is -2.53.